The number of nitrogens with two attached hydrogens (primary N) is 1. The van der Waals surface area contributed by atoms with Gasteiger partial charge >= 0.3 is 0 Å². The number of halogens is 2. The molecule has 26 heavy (non-hydrogen) atoms. The van der Waals surface area contributed by atoms with Gasteiger partial charge in [0.2, 0.25) is 5.88 Å². The lowest BCUT2D eigenvalue weighted by Gasteiger charge is -2.09. The van der Waals surface area contributed by atoms with Gasteiger partial charge in [0, 0.05) is 24.4 Å². The van der Waals surface area contributed by atoms with Crippen LogP contribution in [0.5, 0.6) is 11.6 Å². The van der Waals surface area contributed by atoms with Crippen molar-refractivity contribution in [3.63, 3.8) is 0 Å². The van der Waals surface area contributed by atoms with E-state index in [1.165, 1.54) is 31.4 Å². The number of nitrogens with one attached hydrogen (secondary N) is 1. The first-order chi connectivity index (χ1) is 12.2. The van der Waals surface area contributed by atoms with Gasteiger partial charge in [-0.1, -0.05) is 38.3 Å². The third-order valence-electron chi connectivity index (χ3n) is 3.62. The molecule has 0 unspecified atom stereocenters. The number of hydrogen-bond donors (Lipinski definition) is 2. The highest BCUT2D eigenvalue weighted by Gasteiger charge is 2.06. The molecule has 2 aromatic rings. The quantitative estimate of drug-likeness (QED) is 0.242. The minimum Gasteiger partial charge on any atom is -0.439 e. The first kappa shape index (κ1) is 22.1. The number of benzene rings is 1. The predicted molar refractivity (Wildman–Crippen MR) is 114 cm³/mol. The average Bonchev–Trinajstić information content (AvgIpc) is 2.61. The molecule has 7 heteroatoms. The molecule has 0 radical (unpaired) electrons. The first-order valence-electron chi connectivity index (χ1n) is 8.60. The number of rotatable bonds is 9. The number of unbranched alkanes of at least 4 members (excludes halogenated alkanes) is 3. The van der Waals surface area contributed by atoms with Gasteiger partial charge in [-0.25, -0.2) is 14.4 Å². The van der Waals surface area contributed by atoms with Gasteiger partial charge in [0.1, 0.15) is 11.6 Å². The molecule has 0 saturated carbocycles. The van der Waals surface area contributed by atoms with Crippen LogP contribution >= 0.6 is 24.0 Å². The highest BCUT2D eigenvalue weighted by atomic mass is 127. The van der Waals surface area contributed by atoms with Crippen molar-refractivity contribution < 1.29 is 9.13 Å². The van der Waals surface area contributed by atoms with E-state index in [2.05, 4.69) is 22.2 Å². The van der Waals surface area contributed by atoms with Gasteiger partial charge in [0.25, 0.3) is 0 Å². The van der Waals surface area contributed by atoms with Gasteiger partial charge in [-0.15, -0.1) is 24.0 Å². The molecule has 0 saturated heterocycles. The molecular formula is C19H26FIN4O. The van der Waals surface area contributed by atoms with Crippen LogP contribution in [0.4, 0.5) is 4.39 Å². The van der Waals surface area contributed by atoms with Crippen molar-refractivity contribution in [2.45, 2.75) is 39.2 Å². The number of aromatic nitrogens is 1. The summed E-state index contributed by atoms with van der Waals surface area (Å²) in [5.41, 5.74) is 6.67. The molecule has 2 rings (SSSR count). The van der Waals surface area contributed by atoms with Crippen LogP contribution in [0.15, 0.2) is 47.6 Å². The number of pyridine rings is 1. The molecule has 0 fully saturated rings. The van der Waals surface area contributed by atoms with Crippen molar-refractivity contribution in [2.75, 3.05) is 6.54 Å². The lowest BCUT2D eigenvalue weighted by molar-refractivity contribution is 0.452. The SMILES string of the molecule is CCCCCCNC(N)=NCc1cccnc1Oc1cccc(F)c1.I. The smallest absolute Gasteiger partial charge is 0.224 e. The Hall–Kier alpha value is -1.90. The summed E-state index contributed by atoms with van der Waals surface area (Å²) in [5.74, 6) is 0.833. The van der Waals surface area contributed by atoms with Crippen molar-refractivity contribution in [3.8, 4) is 11.6 Å². The molecule has 142 valence electrons. The van der Waals surface area contributed by atoms with Gasteiger partial charge < -0.3 is 15.8 Å². The van der Waals surface area contributed by atoms with Gasteiger partial charge in [-0.2, -0.15) is 0 Å². The minimum atomic E-state index is -0.357. The normalized spacial score (nSPS) is 10.9. The summed E-state index contributed by atoms with van der Waals surface area (Å²) in [6.45, 7) is 3.34. The summed E-state index contributed by atoms with van der Waals surface area (Å²) >= 11 is 0. The molecule has 0 spiro atoms. The van der Waals surface area contributed by atoms with Crippen molar-refractivity contribution >= 4 is 29.9 Å². The Morgan fingerprint density at radius 1 is 1.23 bits per heavy atom. The fraction of sp³-hybridized carbons (Fsp3) is 0.368. The third kappa shape index (κ3) is 7.99. The van der Waals surface area contributed by atoms with Crippen LogP contribution in [-0.4, -0.2) is 17.5 Å². The van der Waals surface area contributed by atoms with Crippen LogP contribution < -0.4 is 15.8 Å². The first-order valence-corrected chi connectivity index (χ1v) is 8.60. The van der Waals surface area contributed by atoms with E-state index in [1.807, 2.05) is 6.07 Å². The maximum absolute atomic E-state index is 13.3. The Labute approximate surface area is 171 Å². The number of hydrogen-bond acceptors (Lipinski definition) is 3. The highest BCUT2D eigenvalue weighted by molar-refractivity contribution is 14.0. The van der Waals surface area contributed by atoms with Gasteiger partial charge in [-0.05, 0) is 24.6 Å². The van der Waals surface area contributed by atoms with Gasteiger partial charge in [0.05, 0.1) is 6.54 Å². The predicted octanol–water partition coefficient (Wildman–Crippen LogP) is 4.62. The molecule has 1 aromatic carbocycles. The maximum Gasteiger partial charge on any atom is 0.224 e. The molecule has 0 atom stereocenters. The Bertz CT molecular complexity index is 697. The van der Waals surface area contributed by atoms with Crippen molar-refractivity contribution in [2.24, 2.45) is 10.7 Å². The largest absolute Gasteiger partial charge is 0.439 e. The van der Waals surface area contributed by atoms with Crippen LogP contribution in [0.1, 0.15) is 38.2 Å². The second-order valence-electron chi connectivity index (χ2n) is 5.72. The van der Waals surface area contributed by atoms with E-state index in [0.29, 0.717) is 24.1 Å². The lowest BCUT2D eigenvalue weighted by atomic mass is 10.2. The minimum absolute atomic E-state index is 0. The van der Waals surface area contributed by atoms with E-state index in [9.17, 15) is 4.39 Å². The van der Waals surface area contributed by atoms with Crippen molar-refractivity contribution in [1.82, 2.24) is 10.3 Å². The summed E-state index contributed by atoms with van der Waals surface area (Å²) < 4.78 is 18.9. The van der Waals surface area contributed by atoms with E-state index in [-0.39, 0.29) is 29.8 Å². The topological polar surface area (TPSA) is 72.5 Å². The highest BCUT2D eigenvalue weighted by Crippen LogP contribution is 2.23. The molecule has 1 aromatic heterocycles. The summed E-state index contributed by atoms with van der Waals surface area (Å²) in [6.07, 6.45) is 6.32. The Kier molecular flexibility index (Phi) is 10.6. The zero-order chi connectivity index (χ0) is 17.9. The molecule has 0 aliphatic carbocycles. The Balaban J connectivity index is 0.00000338. The summed E-state index contributed by atoms with van der Waals surface area (Å²) in [5, 5.41) is 3.11. The number of guanidine groups is 1. The number of aliphatic imine (C=N–C) groups is 1. The molecular weight excluding hydrogens is 446 g/mol. The second-order valence-corrected chi connectivity index (χ2v) is 5.72. The molecule has 0 aliphatic rings. The van der Waals surface area contributed by atoms with Crippen LogP contribution in [0.3, 0.4) is 0 Å². The number of nitrogens with zero attached hydrogens (tertiary/aromatic N) is 2. The fourth-order valence-corrected chi connectivity index (χ4v) is 2.27. The zero-order valence-electron chi connectivity index (χ0n) is 15.0. The molecule has 0 amide bonds. The van der Waals surface area contributed by atoms with Crippen LogP contribution in [0, 0.1) is 5.82 Å². The van der Waals surface area contributed by atoms with E-state index in [1.54, 1.807) is 24.4 Å². The standard InChI is InChI=1S/C19H25FN4O.HI/c1-2-3-4-5-11-23-19(21)24-14-15-8-7-12-22-18(15)25-17-10-6-9-16(20)13-17;/h6-10,12-13H,2-5,11,14H2,1H3,(H3,21,23,24);1H. The lowest BCUT2D eigenvalue weighted by Crippen LogP contribution is -2.32. The monoisotopic (exact) mass is 472 g/mol. The molecule has 1 heterocycles. The Morgan fingerprint density at radius 2 is 2.08 bits per heavy atom. The summed E-state index contributed by atoms with van der Waals surface area (Å²) in [6, 6.07) is 9.61. The van der Waals surface area contributed by atoms with Crippen molar-refractivity contribution in [3.05, 3.63) is 54.0 Å². The fourth-order valence-electron chi connectivity index (χ4n) is 2.27. The zero-order valence-corrected chi connectivity index (χ0v) is 17.3. The van der Waals surface area contributed by atoms with Gasteiger partial charge in [-0.3, -0.25) is 0 Å². The molecule has 0 bridgehead atoms. The van der Waals surface area contributed by atoms with Crippen LogP contribution in [0.2, 0.25) is 0 Å². The molecule has 0 aliphatic heterocycles. The van der Waals surface area contributed by atoms with E-state index >= 15 is 0 Å². The van der Waals surface area contributed by atoms with E-state index in [0.717, 1.165) is 18.5 Å². The van der Waals surface area contributed by atoms with E-state index < -0.39 is 0 Å². The Morgan fingerprint density at radius 3 is 2.85 bits per heavy atom. The second kappa shape index (κ2) is 12.5. The van der Waals surface area contributed by atoms with Gasteiger partial charge in [0.15, 0.2) is 5.96 Å². The third-order valence-corrected chi connectivity index (χ3v) is 3.62. The maximum atomic E-state index is 13.3. The molecule has 5 nitrogen and oxygen atoms in total. The average molecular weight is 472 g/mol. The molecule has 3 N–H and O–H groups in total. The van der Waals surface area contributed by atoms with Crippen LogP contribution in [0.25, 0.3) is 0 Å². The summed E-state index contributed by atoms with van der Waals surface area (Å²) in [7, 11) is 0. The number of ether oxygens (including phenoxy) is 1. The van der Waals surface area contributed by atoms with Crippen LogP contribution in [-0.2, 0) is 6.54 Å². The van der Waals surface area contributed by atoms with E-state index in [4.69, 9.17) is 10.5 Å². The van der Waals surface area contributed by atoms with Crippen molar-refractivity contribution in [1.29, 1.82) is 0 Å². The summed E-state index contributed by atoms with van der Waals surface area (Å²) in [4.78, 5) is 8.52.